The van der Waals surface area contributed by atoms with Crippen molar-refractivity contribution in [1.82, 2.24) is 0 Å². The second-order valence-corrected chi connectivity index (χ2v) is 7.11. The van der Waals surface area contributed by atoms with Crippen LogP contribution in [0, 0.1) is 0 Å². The number of aryl methyl sites for hydroxylation is 1. The number of primary sulfonamides is 1. The monoisotopic (exact) mass is 382 g/mol. The first-order valence-corrected chi connectivity index (χ1v) is 8.88. The molecule has 3 N–H and O–H groups in total. The van der Waals surface area contributed by atoms with Crippen molar-refractivity contribution in [2.45, 2.75) is 18.2 Å². The maximum atomic E-state index is 12.3. The summed E-state index contributed by atoms with van der Waals surface area (Å²) in [5, 5.41) is 7.84. The third-order valence-electron chi connectivity index (χ3n) is 3.10. The summed E-state index contributed by atoms with van der Waals surface area (Å²) in [5.41, 5.74) is 1.95. The number of rotatable bonds is 4. The molecular formula is C15H15BrN2O3S. The number of hydrogen-bond acceptors (Lipinski definition) is 3. The van der Waals surface area contributed by atoms with Crippen molar-refractivity contribution in [3.63, 3.8) is 0 Å². The van der Waals surface area contributed by atoms with Crippen molar-refractivity contribution in [3.8, 4) is 0 Å². The van der Waals surface area contributed by atoms with Crippen LogP contribution in [-0.4, -0.2) is 14.3 Å². The maximum Gasteiger partial charge on any atom is 0.256 e. The number of nitrogens with two attached hydrogens (primary N) is 1. The van der Waals surface area contributed by atoms with Crippen molar-refractivity contribution in [1.29, 1.82) is 0 Å². The molecule has 7 heteroatoms. The molecule has 0 bridgehead atoms. The first kappa shape index (κ1) is 16.7. The van der Waals surface area contributed by atoms with Crippen molar-refractivity contribution in [3.05, 3.63) is 58.1 Å². The van der Waals surface area contributed by atoms with Gasteiger partial charge in [-0.2, -0.15) is 0 Å². The topological polar surface area (TPSA) is 89.3 Å². The molecule has 0 aliphatic rings. The summed E-state index contributed by atoms with van der Waals surface area (Å²) in [6.07, 6.45) is 0.855. The molecule has 0 fully saturated rings. The van der Waals surface area contributed by atoms with Gasteiger partial charge in [-0.25, -0.2) is 13.6 Å². The molecule has 0 aromatic heterocycles. The van der Waals surface area contributed by atoms with Gasteiger partial charge in [-0.3, -0.25) is 4.79 Å². The Hall–Kier alpha value is -1.70. The van der Waals surface area contributed by atoms with Crippen LogP contribution < -0.4 is 10.5 Å². The average Bonchev–Trinajstić information content (AvgIpc) is 2.46. The van der Waals surface area contributed by atoms with Crippen LogP contribution in [0.4, 0.5) is 5.69 Å². The lowest BCUT2D eigenvalue weighted by atomic mass is 10.1. The van der Waals surface area contributed by atoms with Crippen molar-refractivity contribution < 1.29 is 13.2 Å². The molecule has 0 spiro atoms. The van der Waals surface area contributed by atoms with Gasteiger partial charge in [0.2, 0.25) is 10.0 Å². The molecule has 22 heavy (non-hydrogen) atoms. The molecule has 2 aromatic rings. The van der Waals surface area contributed by atoms with E-state index in [1.807, 2.05) is 25.1 Å². The Balaban J connectivity index is 2.33. The minimum atomic E-state index is -3.86. The molecule has 1 amide bonds. The molecular weight excluding hydrogens is 368 g/mol. The van der Waals surface area contributed by atoms with Crippen molar-refractivity contribution in [2.24, 2.45) is 5.14 Å². The molecule has 5 nitrogen and oxygen atoms in total. The van der Waals surface area contributed by atoms with E-state index in [-0.39, 0.29) is 10.5 Å². The van der Waals surface area contributed by atoms with Gasteiger partial charge in [0.25, 0.3) is 5.91 Å². The van der Waals surface area contributed by atoms with Gasteiger partial charge in [-0.1, -0.05) is 19.1 Å². The minimum absolute atomic E-state index is 0.108. The van der Waals surface area contributed by atoms with E-state index in [0.717, 1.165) is 12.0 Å². The first-order chi connectivity index (χ1) is 10.3. The lowest BCUT2D eigenvalue weighted by Crippen LogP contribution is -2.16. The maximum absolute atomic E-state index is 12.3. The Morgan fingerprint density at radius 3 is 2.59 bits per heavy atom. The predicted molar refractivity (Wildman–Crippen MR) is 89.3 cm³/mol. The van der Waals surface area contributed by atoms with Gasteiger partial charge >= 0.3 is 0 Å². The third-order valence-corrected chi connectivity index (χ3v) is 4.71. The van der Waals surface area contributed by atoms with Gasteiger partial charge in [-0.05, 0) is 58.2 Å². The summed E-state index contributed by atoms with van der Waals surface area (Å²) in [5.74, 6) is -0.411. The number of hydrogen-bond donors (Lipinski definition) is 2. The Labute approximate surface area is 137 Å². The summed E-state index contributed by atoms with van der Waals surface area (Å²) in [6, 6.07) is 11.5. The fraction of sp³-hybridized carbons (Fsp3) is 0.133. The van der Waals surface area contributed by atoms with Crippen LogP contribution in [0.5, 0.6) is 0 Å². The van der Waals surface area contributed by atoms with Crippen LogP contribution in [-0.2, 0) is 16.4 Å². The zero-order chi connectivity index (χ0) is 16.3. The molecule has 0 heterocycles. The van der Waals surface area contributed by atoms with Crippen molar-refractivity contribution in [2.75, 3.05) is 5.32 Å². The number of carbonyl (C=O) groups is 1. The molecule has 0 atom stereocenters. The van der Waals surface area contributed by atoms with Gasteiger partial charge < -0.3 is 5.32 Å². The normalized spacial score (nSPS) is 11.2. The quantitative estimate of drug-likeness (QED) is 0.851. The first-order valence-electron chi connectivity index (χ1n) is 6.54. The highest BCUT2D eigenvalue weighted by atomic mass is 79.9. The van der Waals surface area contributed by atoms with Crippen LogP contribution in [0.2, 0.25) is 0 Å². The Bertz CT molecular complexity index is 819. The average molecular weight is 383 g/mol. The summed E-state index contributed by atoms with van der Waals surface area (Å²) >= 11 is 3.24. The van der Waals surface area contributed by atoms with E-state index in [1.54, 1.807) is 6.07 Å². The fourth-order valence-corrected chi connectivity index (χ4v) is 2.89. The highest BCUT2D eigenvalue weighted by Crippen LogP contribution is 2.22. The van der Waals surface area contributed by atoms with Gasteiger partial charge in [0.1, 0.15) is 0 Å². The smallest absolute Gasteiger partial charge is 0.256 e. The third kappa shape index (κ3) is 3.94. The van der Waals surface area contributed by atoms with Gasteiger partial charge in [0.15, 0.2) is 0 Å². The summed E-state index contributed by atoms with van der Waals surface area (Å²) in [7, 11) is -3.86. The zero-order valence-corrected chi connectivity index (χ0v) is 14.2. The molecule has 0 aliphatic heterocycles. The van der Waals surface area contributed by atoms with E-state index in [2.05, 4.69) is 21.2 Å². The summed E-state index contributed by atoms with van der Waals surface area (Å²) < 4.78 is 23.3. The second kappa shape index (κ2) is 6.60. The molecule has 2 aromatic carbocycles. The molecule has 0 radical (unpaired) electrons. The van der Waals surface area contributed by atoms with Gasteiger partial charge in [-0.15, -0.1) is 0 Å². The van der Waals surface area contributed by atoms with E-state index >= 15 is 0 Å². The number of carbonyl (C=O) groups excluding carboxylic acids is 1. The standard InChI is InChI=1S/C15H15BrN2O3S/c1-2-10-4-3-5-11(8-10)18-15(19)13-9-12(22(17,20)21)6-7-14(13)16/h3-9H,2H2,1H3,(H,18,19)(H2,17,20,21). The van der Waals surface area contributed by atoms with E-state index in [1.165, 1.54) is 18.2 Å². The molecule has 2 rings (SSSR count). The highest BCUT2D eigenvalue weighted by molar-refractivity contribution is 9.10. The van der Waals surface area contributed by atoms with Crippen LogP contribution in [0.3, 0.4) is 0 Å². The number of amides is 1. The minimum Gasteiger partial charge on any atom is -0.322 e. The fourth-order valence-electron chi connectivity index (χ4n) is 1.92. The summed E-state index contributed by atoms with van der Waals surface area (Å²) in [4.78, 5) is 12.2. The number of nitrogens with one attached hydrogen (secondary N) is 1. The number of anilines is 1. The molecule has 0 saturated carbocycles. The molecule has 116 valence electrons. The second-order valence-electron chi connectivity index (χ2n) is 4.69. The molecule has 0 unspecified atom stereocenters. The van der Waals surface area contributed by atoms with Crippen LogP contribution >= 0.6 is 15.9 Å². The van der Waals surface area contributed by atoms with Crippen LogP contribution in [0.1, 0.15) is 22.8 Å². The zero-order valence-electron chi connectivity index (χ0n) is 11.8. The number of benzene rings is 2. The number of halogens is 1. The lowest BCUT2D eigenvalue weighted by Gasteiger charge is -2.09. The van der Waals surface area contributed by atoms with E-state index in [9.17, 15) is 13.2 Å². The molecule has 0 saturated heterocycles. The van der Waals surface area contributed by atoms with Crippen molar-refractivity contribution >= 4 is 37.5 Å². The summed E-state index contributed by atoms with van der Waals surface area (Å²) in [6.45, 7) is 2.02. The molecule has 0 aliphatic carbocycles. The predicted octanol–water partition coefficient (Wildman–Crippen LogP) is 2.91. The van der Waals surface area contributed by atoms with Gasteiger partial charge in [0, 0.05) is 10.2 Å². The SMILES string of the molecule is CCc1cccc(NC(=O)c2cc(S(N)(=O)=O)ccc2Br)c1. The van der Waals surface area contributed by atoms with E-state index in [0.29, 0.717) is 10.2 Å². The lowest BCUT2D eigenvalue weighted by molar-refractivity contribution is 0.102. The Morgan fingerprint density at radius 1 is 1.23 bits per heavy atom. The Morgan fingerprint density at radius 2 is 1.95 bits per heavy atom. The highest BCUT2D eigenvalue weighted by Gasteiger charge is 2.15. The number of sulfonamides is 1. The van der Waals surface area contributed by atoms with Crippen LogP contribution in [0.15, 0.2) is 51.8 Å². The van der Waals surface area contributed by atoms with Gasteiger partial charge in [0.05, 0.1) is 10.5 Å². The van der Waals surface area contributed by atoms with E-state index in [4.69, 9.17) is 5.14 Å². The largest absolute Gasteiger partial charge is 0.322 e. The Kier molecular flexibility index (Phi) is 5.00. The van der Waals surface area contributed by atoms with Crippen LogP contribution in [0.25, 0.3) is 0 Å². The van der Waals surface area contributed by atoms with E-state index < -0.39 is 15.9 Å².